The molecule has 0 amide bonds. The summed E-state index contributed by atoms with van der Waals surface area (Å²) in [4.78, 5) is 15.2. The van der Waals surface area contributed by atoms with Crippen molar-refractivity contribution in [2.75, 3.05) is 5.32 Å². The third-order valence-electron chi connectivity index (χ3n) is 2.12. The zero-order valence-electron chi connectivity index (χ0n) is 8.63. The van der Waals surface area contributed by atoms with Crippen LogP contribution in [0.5, 0.6) is 0 Å². The molecular weight excluding hydrogens is 260 g/mol. The van der Waals surface area contributed by atoms with Crippen LogP contribution in [0.2, 0.25) is 5.15 Å². The van der Waals surface area contributed by atoms with Crippen molar-refractivity contribution >= 4 is 34.0 Å². The quantitative estimate of drug-likeness (QED) is 0.895. The van der Waals surface area contributed by atoms with Crippen molar-refractivity contribution in [1.82, 2.24) is 4.98 Å². The number of thiazole rings is 1. The first-order valence-electron chi connectivity index (χ1n) is 4.82. The number of carbonyl (C=O) groups is 1. The molecule has 0 saturated carbocycles. The maximum Gasteiger partial charge on any atom is 0.330 e. The minimum Gasteiger partial charge on any atom is -0.479 e. The molecule has 2 N–H and O–H groups in total. The molecule has 0 fully saturated rings. The van der Waals surface area contributed by atoms with Gasteiger partial charge in [0.15, 0.2) is 11.2 Å². The van der Waals surface area contributed by atoms with E-state index in [-0.39, 0.29) is 0 Å². The number of halogens is 1. The van der Waals surface area contributed by atoms with Gasteiger partial charge in [-0.1, -0.05) is 41.9 Å². The number of benzene rings is 1. The Balaban J connectivity index is 2.22. The number of nitrogens with zero attached hydrogens (tertiary/aromatic N) is 1. The molecule has 4 nitrogen and oxygen atoms in total. The third kappa shape index (κ3) is 2.95. The van der Waals surface area contributed by atoms with Gasteiger partial charge in [-0.2, -0.15) is 0 Å². The van der Waals surface area contributed by atoms with E-state index in [1.165, 1.54) is 11.3 Å². The van der Waals surface area contributed by atoms with E-state index in [1.807, 2.05) is 6.07 Å². The predicted octanol–water partition coefficient (Wildman–Crippen LogP) is 3.03. The fourth-order valence-corrected chi connectivity index (χ4v) is 2.24. The predicted molar refractivity (Wildman–Crippen MR) is 67.6 cm³/mol. The first-order chi connectivity index (χ1) is 8.16. The van der Waals surface area contributed by atoms with Crippen molar-refractivity contribution in [1.29, 1.82) is 0 Å². The summed E-state index contributed by atoms with van der Waals surface area (Å²) in [6.45, 7) is 0. The van der Waals surface area contributed by atoms with Gasteiger partial charge in [0.25, 0.3) is 0 Å². The second-order valence-electron chi connectivity index (χ2n) is 3.30. The Morgan fingerprint density at radius 1 is 1.41 bits per heavy atom. The lowest BCUT2D eigenvalue weighted by Gasteiger charge is -2.13. The van der Waals surface area contributed by atoms with Crippen LogP contribution in [0.3, 0.4) is 0 Å². The van der Waals surface area contributed by atoms with Crippen LogP contribution in [-0.2, 0) is 4.79 Å². The van der Waals surface area contributed by atoms with Crippen molar-refractivity contribution < 1.29 is 9.90 Å². The lowest BCUT2D eigenvalue weighted by atomic mass is 10.1. The molecule has 2 rings (SSSR count). The molecule has 0 aliphatic rings. The number of anilines is 1. The molecule has 0 spiro atoms. The summed E-state index contributed by atoms with van der Waals surface area (Å²) in [5, 5.41) is 14.5. The topological polar surface area (TPSA) is 62.2 Å². The van der Waals surface area contributed by atoms with Crippen LogP contribution < -0.4 is 5.32 Å². The Morgan fingerprint density at radius 3 is 2.65 bits per heavy atom. The Bertz CT molecular complexity index is 515. The van der Waals surface area contributed by atoms with Crippen molar-refractivity contribution in [2.24, 2.45) is 0 Å². The van der Waals surface area contributed by atoms with Gasteiger partial charge < -0.3 is 10.4 Å². The molecule has 0 aliphatic heterocycles. The molecule has 1 unspecified atom stereocenters. The number of carboxylic acid groups (broad SMARTS) is 1. The maximum absolute atomic E-state index is 11.2. The second kappa shape index (κ2) is 5.16. The summed E-state index contributed by atoms with van der Waals surface area (Å²) < 4.78 is 0. The molecule has 6 heteroatoms. The molecule has 2 aromatic rings. The summed E-state index contributed by atoms with van der Waals surface area (Å²) >= 11 is 6.95. The largest absolute Gasteiger partial charge is 0.479 e. The van der Waals surface area contributed by atoms with Crippen LogP contribution in [0, 0.1) is 0 Å². The summed E-state index contributed by atoms with van der Waals surface area (Å²) in [5.41, 5.74) is 0.673. The van der Waals surface area contributed by atoms with E-state index in [2.05, 4.69) is 10.3 Å². The monoisotopic (exact) mass is 268 g/mol. The van der Waals surface area contributed by atoms with E-state index in [0.29, 0.717) is 15.8 Å². The lowest BCUT2D eigenvalue weighted by Crippen LogP contribution is -2.20. The Kier molecular flexibility index (Phi) is 3.61. The van der Waals surface area contributed by atoms with Crippen molar-refractivity contribution in [3.8, 4) is 0 Å². The lowest BCUT2D eigenvalue weighted by molar-refractivity contribution is -0.138. The Labute approximate surface area is 107 Å². The van der Waals surface area contributed by atoms with Gasteiger partial charge in [-0.25, -0.2) is 9.78 Å². The van der Waals surface area contributed by atoms with Crippen LogP contribution in [0.15, 0.2) is 35.7 Å². The SMILES string of the molecule is O=C(O)C(Nc1nc(Cl)cs1)c1ccccc1. The molecule has 1 atom stereocenters. The molecule has 1 aromatic heterocycles. The van der Waals surface area contributed by atoms with E-state index in [9.17, 15) is 9.90 Å². The molecule has 1 heterocycles. The van der Waals surface area contributed by atoms with Gasteiger partial charge >= 0.3 is 5.97 Å². The number of carboxylic acids is 1. The first kappa shape index (κ1) is 11.9. The normalized spacial score (nSPS) is 12.1. The number of aromatic nitrogens is 1. The van der Waals surface area contributed by atoms with Crippen molar-refractivity contribution in [3.05, 3.63) is 46.4 Å². The number of hydrogen-bond acceptors (Lipinski definition) is 4. The molecule has 0 radical (unpaired) electrons. The molecule has 88 valence electrons. The van der Waals surface area contributed by atoms with Gasteiger partial charge in [0, 0.05) is 5.38 Å². The zero-order valence-corrected chi connectivity index (χ0v) is 10.2. The van der Waals surface area contributed by atoms with Gasteiger partial charge in [-0.3, -0.25) is 0 Å². The highest BCUT2D eigenvalue weighted by Crippen LogP contribution is 2.24. The minimum atomic E-state index is -0.956. The van der Waals surface area contributed by atoms with Gasteiger partial charge in [0.05, 0.1) is 0 Å². The molecular formula is C11H9ClN2O2S. The minimum absolute atomic E-state index is 0.356. The summed E-state index contributed by atoms with van der Waals surface area (Å²) in [7, 11) is 0. The van der Waals surface area contributed by atoms with E-state index < -0.39 is 12.0 Å². The molecule has 0 bridgehead atoms. The Hall–Kier alpha value is -1.59. The Morgan fingerprint density at radius 2 is 2.12 bits per heavy atom. The van der Waals surface area contributed by atoms with Gasteiger partial charge in [0.1, 0.15) is 5.15 Å². The molecule has 0 saturated heterocycles. The number of aliphatic carboxylic acids is 1. The maximum atomic E-state index is 11.2. The van der Waals surface area contributed by atoms with E-state index >= 15 is 0 Å². The van der Waals surface area contributed by atoms with E-state index in [4.69, 9.17) is 11.6 Å². The van der Waals surface area contributed by atoms with Crippen LogP contribution >= 0.6 is 22.9 Å². The van der Waals surface area contributed by atoms with Gasteiger partial charge in [-0.15, -0.1) is 11.3 Å². The summed E-state index contributed by atoms with van der Waals surface area (Å²) in [5.74, 6) is -0.956. The van der Waals surface area contributed by atoms with E-state index in [0.717, 1.165) is 0 Å². The number of nitrogens with one attached hydrogen (secondary N) is 1. The second-order valence-corrected chi connectivity index (χ2v) is 4.55. The average molecular weight is 269 g/mol. The fourth-order valence-electron chi connectivity index (χ4n) is 1.38. The number of hydrogen-bond donors (Lipinski definition) is 2. The van der Waals surface area contributed by atoms with Crippen molar-refractivity contribution in [3.63, 3.8) is 0 Å². The fraction of sp³-hybridized carbons (Fsp3) is 0.0909. The summed E-state index contributed by atoms with van der Waals surface area (Å²) in [6, 6.07) is 8.10. The van der Waals surface area contributed by atoms with Gasteiger partial charge in [0.2, 0.25) is 0 Å². The first-order valence-corrected chi connectivity index (χ1v) is 6.08. The summed E-state index contributed by atoms with van der Waals surface area (Å²) in [6.07, 6.45) is 0. The van der Waals surface area contributed by atoms with Crippen LogP contribution in [-0.4, -0.2) is 16.1 Å². The van der Waals surface area contributed by atoms with Crippen LogP contribution in [0.1, 0.15) is 11.6 Å². The number of rotatable bonds is 4. The third-order valence-corrected chi connectivity index (χ3v) is 3.22. The standard InChI is InChI=1S/C11H9ClN2O2S/c12-8-6-17-11(13-8)14-9(10(15)16)7-4-2-1-3-5-7/h1-6,9H,(H,13,14)(H,15,16). The van der Waals surface area contributed by atoms with Gasteiger partial charge in [-0.05, 0) is 5.56 Å². The highest BCUT2D eigenvalue weighted by atomic mass is 35.5. The highest BCUT2D eigenvalue weighted by Gasteiger charge is 2.20. The van der Waals surface area contributed by atoms with Crippen LogP contribution in [0.4, 0.5) is 5.13 Å². The van der Waals surface area contributed by atoms with Crippen molar-refractivity contribution in [2.45, 2.75) is 6.04 Å². The zero-order chi connectivity index (χ0) is 12.3. The highest BCUT2D eigenvalue weighted by molar-refractivity contribution is 7.14. The smallest absolute Gasteiger partial charge is 0.330 e. The molecule has 17 heavy (non-hydrogen) atoms. The molecule has 1 aromatic carbocycles. The average Bonchev–Trinajstić information content (AvgIpc) is 2.73. The molecule has 0 aliphatic carbocycles. The van der Waals surface area contributed by atoms with Crippen LogP contribution in [0.25, 0.3) is 0 Å². The van der Waals surface area contributed by atoms with E-state index in [1.54, 1.807) is 29.6 Å².